The summed E-state index contributed by atoms with van der Waals surface area (Å²) < 4.78 is 24.0. The number of aliphatic hydroxyl groups is 1. The minimum Gasteiger partial charge on any atom is -0.385 e. The molecule has 0 aromatic carbocycles. The summed E-state index contributed by atoms with van der Waals surface area (Å²) in [6.07, 6.45) is -2.37. The van der Waals surface area contributed by atoms with Crippen LogP contribution in [-0.2, 0) is 4.79 Å². The standard InChI is InChI=1S/C10H18F2N2O2/c1-10(4-2-3-7(10)13)9(16)14-5-6(15)8(11)12/h6-8,15H,2-5,13H2,1H3,(H,14,16). The van der Waals surface area contributed by atoms with Gasteiger partial charge < -0.3 is 16.2 Å². The van der Waals surface area contributed by atoms with Crippen LogP contribution in [0.1, 0.15) is 26.2 Å². The predicted molar refractivity (Wildman–Crippen MR) is 55.0 cm³/mol. The van der Waals surface area contributed by atoms with Crippen molar-refractivity contribution in [3.63, 3.8) is 0 Å². The topological polar surface area (TPSA) is 75.3 Å². The molecule has 4 N–H and O–H groups in total. The fraction of sp³-hybridized carbons (Fsp3) is 0.900. The van der Waals surface area contributed by atoms with Crippen molar-refractivity contribution in [2.24, 2.45) is 11.1 Å². The number of aliphatic hydroxyl groups excluding tert-OH is 1. The molecule has 1 fully saturated rings. The highest BCUT2D eigenvalue weighted by Crippen LogP contribution is 2.36. The third-order valence-electron chi connectivity index (χ3n) is 3.31. The Morgan fingerprint density at radius 3 is 2.75 bits per heavy atom. The molecule has 3 unspecified atom stereocenters. The maximum absolute atomic E-state index is 12.0. The SMILES string of the molecule is CC1(C(=O)NCC(O)C(F)F)CCCC1N. The molecule has 1 aliphatic rings. The smallest absolute Gasteiger partial charge is 0.265 e. The van der Waals surface area contributed by atoms with E-state index in [1.807, 2.05) is 0 Å². The van der Waals surface area contributed by atoms with E-state index in [4.69, 9.17) is 10.8 Å². The lowest BCUT2D eigenvalue weighted by Crippen LogP contribution is -2.49. The largest absolute Gasteiger partial charge is 0.385 e. The lowest BCUT2D eigenvalue weighted by molar-refractivity contribution is -0.131. The summed E-state index contributed by atoms with van der Waals surface area (Å²) in [4.78, 5) is 11.8. The van der Waals surface area contributed by atoms with Crippen LogP contribution in [0.4, 0.5) is 8.78 Å². The third-order valence-corrected chi connectivity index (χ3v) is 3.31. The summed E-state index contributed by atoms with van der Waals surface area (Å²) in [5, 5.41) is 11.2. The monoisotopic (exact) mass is 236 g/mol. The second kappa shape index (κ2) is 5.05. The van der Waals surface area contributed by atoms with Crippen LogP contribution in [0.25, 0.3) is 0 Å². The second-order valence-electron chi connectivity index (χ2n) is 4.53. The fourth-order valence-corrected chi connectivity index (χ4v) is 1.96. The predicted octanol–water partition coefficient (Wildman–Crippen LogP) is 0.246. The Bertz CT molecular complexity index is 263. The number of hydrogen-bond donors (Lipinski definition) is 3. The van der Waals surface area contributed by atoms with Crippen molar-refractivity contribution in [1.82, 2.24) is 5.32 Å². The molecule has 0 saturated heterocycles. The Morgan fingerprint density at radius 1 is 1.69 bits per heavy atom. The van der Waals surface area contributed by atoms with E-state index in [-0.39, 0.29) is 11.9 Å². The zero-order chi connectivity index (χ0) is 12.3. The third kappa shape index (κ3) is 2.68. The fourth-order valence-electron chi connectivity index (χ4n) is 1.96. The molecule has 16 heavy (non-hydrogen) atoms. The highest BCUT2D eigenvalue weighted by molar-refractivity contribution is 5.83. The number of amides is 1. The lowest BCUT2D eigenvalue weighted by atomic mass is 9.84. The van der Waals surface area contributed by atoms with Crippen molar-refractivity contribution < 1.29 is 18.7 Å². The van der Waals surface area contributed by atoms with E-state index in [2.05, 4.69) is 5.32 Å². The molecule has 1 aliphatic carbocycles. The van der Waals surface area contributed by atoms with E-state index in [9.17, 15) is 13.6 Å². The number of halogens is 2. The van der Waals surface area contributed by atoms with Crippen molar-refractivity contribution >= 4 is 5.91 Å². The van der Waals surface area contributed by atoms with Crippen LogP contribution >= 0.6 is 0 Å². The molecule has 0 spiro atoms. The first-order valence-electron chi connectivity index (χ1n) is 5.38. The van der Waals surface area contributed by atoms with Crippen molar-refractivity contribution in [1.29, 1.82) is 0 Å². The minimum absolute atomic E-state index is 0.240. The zero-order valence-electron chi connectivity index (χ0n) is 9.25. The summed E-state index contributed by atoms with van der Waals surface area (Å²) in [6, 6.07) is -0.240. The summed E-state index contributed by atoms with van der Waals surface area (Å²) in [5.74, 6) is -0.350. The molecule has 1 amide bonds. The zero-order valence-corrected chi connectivity index (χ0v) is 9.25. The minimum atomic E-state index is -2.84. The first-order valence-corrected chi connectivity index (χ1v) is 5.38. The number of rotatable bonds is 4. The molecule has 6 heteroatoms. The van der Waals surface area contributed by atoms with Crippen molar-refractivity contribution in [2.75, 3.05) is 6.54 Å². The van der Waals surface area contributed by atoms with Gasteiger partial charge in [-0.1, -0.05) is 6.42 Å². The number of alkyl halides is 2. The molecule has 94 valence electrons. The molecular weight excluding hydrogens is 218 g/mol. The Labute approximate surface area is 93.2 Å². The maximum atomic E-state index is 12.0. The Balaban J connectivity index is 2.46. The molecule has 3 atom stereocenters. The number of nitrogens with two attached hydrogens (primary N) is 1. The number of carbonyl (C=O) groups is 1. The molecule has 1 rings (SSSR count). The molecule has 0 aliphatic heterocycles. The highest BCUT2D eigenvalue weighted by atomic mass is 19.3. The highest BCUT2D eigenvalue weighted by Gasteiger charge is 2.42. The van der Waals surface area contributed by atoms with Crippen LogP contribution in [-0.4, -0.2) is 36.1 Å². The van der Waals surface area contributed by atoms with E-state index >= 15 is 0 Å². The van der Waals surface area contributed by atoms with Gasteiger partial charge in [0.15, 0.2) is 0 Å². The van der Waals surface area contributed by atoms with E-state index in [1.165, 1.54) is 0 Å². The normalized spacial score (nSPS) is 31.8. The summed E-state index contributed by atoms with van der Waals surface area (Å²) in [6.45, 7) is 1.30. The van der Waals surface area contributed by atoms with Crippen molar-refractivity contribution in [3.8, 4) is 0 Å². The first-order chi connectivity index (χ1) is 7.38. The van der Waals surface area contributed by atoms with Crippen molar-refractivity contribution in [2.45, 2.75) is 44.8 Å². The van der Waals surface area contributed by atoms with Gasteiger partial charge in [0.1, 0.15) is 6.10 Å². The van der Waals surface area contributed by atoms with Crippen LogP contribution in [0.3, 0.4) is 0 Å². The van der Waals surface area contributed by atoms with Gasteiger partial charge in [0.05, 0.1) is 5.41 Å². The summed E-state index contributed by atoms with van der Waals surface area (Å²) >= 11 is 0. The van der Waals surface area contributed by atoms with E-state index in [1.54, 1.807) is 6.92 Å². The summed E-state index contributed by atoms with van der Waals surface area (Å²) in [7, 11) is 0. The number of nitrogens with one attached hydrogen (secondary N) is 1. The van der Waals surface area contributed by atoms with E-state index in [0.29, 0.717) is 6.42 Å². The molecule has 0 aromatic heterocycles. The van der Waals surface area contributed by atoms with Crippen LogP contribution < -0.4 is 11.1 Å². The van der Waals surface area contributed by atoms with Crippen LogP contribution in [0.15, 0.2) is 0 Å². The average molecular weight is 236 g/mol. The van der Waals surface area contributed by atoms with Gasteiger partial charge in [-0.2, -0.15) is 0 Å². The molecule has 1 saturated carbocycles. The Morgan fingerprint density at radius 2 is 2.31 bits per heavy atom. The van der Waals surface area contributed by atoms with Gasteiger partial charge >= 0.3 is 0 Å². The lowest BCUT2D eigenvalue weighted by Gasteiger charge is -2.28. The Hall–Kier alpha value is -0.750. The van der Waals surface area contributed by atoms with Crippen molar-refractivity contribution in [3.05, 3.63) is 0 Å². The van der Waals surface area contributed by atoms with Gasteiger partial charge in [-0.25, -0.2) is 8.78 Å². The van der Waals surface area contributed by atoms with E-state index in [0.717, 1.165) is 12.8 Å². The van der Waals surface area contributed by atoms with Gasteiger partial charge in [0.2, 0.25) is 5.91 Å². The molecule has 0 radical (unpaired) electrons. The Kier molecular flexibility index (Phi) is 4.21. The molecule has 0 bridgehead atoms. The van der Waals surface area contributed by atoms with Crippen LogP contribution in [0, 0.1) is 5.41 Å². The summed E-state index contributed by atoms with van der Waals surface area (Å²) in [5.41, 5.74) is 5.12. The molecule has 4 nitrogen and oxygen atoms in total. The first kappa shape index (κ1) is 13.3. The maximum Gasteiger partial charge on any atom is 0.265 e. The molecule has 0 aromatic rings. The van der Waals surface area contributed by atoms with Gasteiger partial charge in [0, 0.05) is 12.6 Å². The quantitative estimate of drug-likeness (QED) is 0.654. The van der Waals surface area contributed by atoms with Gasteiger partial charge in [0.25, 0.3) is 6.43 Å². The number of carbonyl (C=O) groups excluding carboxylic acids is 1. The average Bonchev–Trinajstić information content (AvgIpc) is 2.56. The van der Waals surface area contributed by atoms with E-state index < -0.39 is 24.5 Å². The molecular formula is C10H18F2N2O2. The van der Waals surface area contributed by atoms with Gasteiger partial charge in [-0.05, 0) is 19.8 Å². The van der Waals surface area contributed by atoms with Crippen LogP contribution in [0.5, 0.6) is 0 Å². The van der Waals surface area contributed by atoms with Gasteiger partial charge in [-0.15, -0.1) is 0 Å². The number of hydrogen-bond acceptors (Lipinski definition) is 3. The molecule has 0 heterocycles. The van der Waals surface area contributed by atoms with Gasteiger partial charge in [-0.3, -0.25) is 4.79 Å². The second-order valence-corrected chi connectivity index (χ2v) is 4.53. The van der Waals surface area contributed by atoms with Crippen LogP contribution in [0.2, 0.25) is 0 Å².